The Bertz CT molecular complexity index is 385. The van der Waals surface area contributed by atoms with Gasteiger partial charge in [0.15, 0.2) is 0 Å². The monoisotopic (exact) mass is 260 g/mol. The highest BCUT2D eigenvalue weighted by Gasteiger charge is 2.20. The van der Waals surface area contributed by atoms with Crippen molar-refractivity contribution in [3.63, 3.8) is 0 Å². The molecule has 1 aliphatic heterocycles. The van der Waals surface area contributed by atoms with E-state index >= 15 is 0 Å². The van der Waals surface area contributed by atoms with Gasteiger partial charge in [-0.05, 0) is 44.3 Å². The normalized spacial score (nSPS) is 16.3. The van der Waals surface area contributed by atoms with E-state index in [9.17, 15) is 4.79 Å². The van der Waals surface area contributed by atoms with Gasteiger partial charge in [0, 0.05) is 19.5 Å². The third-order valence-electron chi connectivity index (χ3n) is 3.87. The molecule has 1 fully saturated rings. The lowest BCUT2D eigenvalue weighted by Crippen LogP contribution is -2.35. The number of carbonyl (C=O) groups is 1. The van der Waals surface area contributed by atoms with Crippen LogP contribution in [0.5, 0.6) is 0 Å². The van der Waals surface area contributed by atoms with E-state index in [0.717, 1.165) is 39.0 Å². The molecule has 1 aliphatic rings. The first-order valence-corrected chi connectivity index (χ1v) is 7.32. The maximum Gasteiger partial charge on any atom is 0.223 e. The van der Waals surface area contributed by atoms with Crippen molar-refractivity contribution in [3.8, 4) is 0 Å². The van der Waals surface area contributed by atoms with Crippen LogP contribution in [0, 0.1) is 5.92 Å². The predicted octanol–water partition coefficient (Wildman–Crippen LogP) is 2.42. The van der Waals surface area contributed by atoms with Crippen LogP contribution in [0.25, 0.3) is 0 Å². The molecule has 1 aromatic rings. The third kappa shape index (κ3) is 4.35. The molecule has 1 amide bonds. The van der Waals surface area contributed by atoms with Crippen LogP contribution in [-0.2, 0) is 11.3 Å². The van der Waals surface area contributed by atoms with Crippen molar-refractivity contribution in [2.24, 2.45) is 5.92 Å². The van der Waals surface area contributed by atoms with Gasteiger partial charge in [0.2, 0.25) is 5.91 Å². The molecule has 0 radical (unpaired) electrons. The highest BCUT2D eigenvalue weighted by molar-refractivity contribution is 5.76. The third-order valence-corrected chi connectivity index (χ3v) is 3.87. The Morgan fingerprint density at radius 1 is 1.26 bits per heavy atom. The molecular weight excluding hydrogens is 236 g/mol. The minimum atomic E-state index is 0.304. The zero-order valence-corrected chi connectivity index (χ0v) is 11.8. The molecule has 0 aliphatic carbocycles. The van der Waals surface area contributed by atoms with Crippen LogP contribution in [-0.4, -0.2) is 30.4 Å². The van der Waals surface area contributed by atoms with E-state index in [1.807, 2.05) is 23.1 Å². The van der Waals surface area contributed by atoms with E-state index in [1.54, 1.807) is 0 Å². The average molecular weight is 260 g/mol. The summed E-state index contributed by atoms with van der Waals surface area (Å²) >= 11 is 0. The fourth-order valence-electron chi connectivity index (χ4n) is 2.64. The molecule has 0 bridgehead atoms. The SMILES string of the molecule is CCN(Cc1ccccc1)C(=O)CC1CCNCC1. The van der Waals surface area contributed by atoms with Crippen LogP contribution >= 0.6 is 0 Å². The predicted molar refractivity (Wildman–Crippen MR) is 77.7 cm³/mol. The number of nitrogens with one attached hydrogen (secondary N) is 1. The Balaban J connectivity index is 1.87. The van der Waals surface area contributed by atoms with E-state index < -0.39 is 0 Å². The van der Waals surface area contributed by atoms with Gasteiger partial charge in [-0.1, -0.05) is 30.3 Å². The van der Waals surface area contributed by atoms with Crippen molar-refractivity contribution in [1.29, 1.82) is 0 Å². The van der Waals surface area contributed by atoms with Gasteiger partial charge in [-0.2, -0.15) is 0 Å². The van der Waals surface area contributed by atoms with Crippen molar-refractivity contribution >= 4 is 5.91 Å². The highest BCUT2D eigenvalue weighted by Crippen LogP contribution is 2.18. The quantitative estimate of drug-likeness (QED) is 0.882. The number of hydrogen-bond acceptors (Lipinski definition) is 2. The van der Waals surface area contributed by atoms with Gasteiger partial charge in [0.1, 0.15) is 0 Å². The second-order valence-electron chi connectivity index (χ2n) is 5.29. The smallest absolute Gasteiger partial charge is 0.223 e. The van der Waals surface area contributed by atoms with Crippen LogP contribution in [0.3, 0.4) is 0 Å². The summed E-state index contributed by atoms with van der Waals surface area (Å²) in [6.07, 6.45) is 2.98. The van der Waals surface area contributed by atoms with E-state index in [1.165, 1.54) is 5.56 Å². The first-order valence-electron chi connectivity index (χ1n) is 7.32. The summed E-state index contributed by atoms with van der Waals surface area (Å²) in [7, 11) is 0. The number of rotatable bonds is 5. The molecule has 2 rings (SSSR count). The Hall–Kier alpha value is -1.35. The summed E-state index contributed by atoms with van der Waals surface area (Å²) in [5, 5.41) is 3.35. The number of amides is 1. The van der Waals surface area contributed by atoms with Crippen LogP contribution in [0.2, 0.25) is 0 Å². The summed E-state index contributed by atoms with van der Waals surface area (Å²) in [6.45, 7) is 5.70. The van der Waals surface area contributed by atoms with Gasteiger partial charge in [-0.15, -0.1) is 0 Å². The highest BCUT2D eigenvalue weighted by atomic mass is 16.2. The van der Waals surface area contributed by atoms with Crippen LogP contribution < -0.4 is 5.32 Å². The van der Waals surface area contributed by atoms with Crippen LogP contribution in [0.4, 0.5) is 0 Å². The fourth-order valence-corrected chi connectivity index (χ4v) is 2.64. The molecule has 3 nitrogen and oxygen atoms in total. The minimum absolute atomic E-state index is 0.304. The molecule has 1 aromatic carbocycles. The summed E-state index contributed by atoms with van der Waals surface area (Å²) in [6, 6.07) is 10.2. The number of benzene rings is 1. The van der Waals surface area contributed by atoms with Crippen molar-refractivity contribution in [1.82, 2.24) is 10.2 Å². The fraction of sp³-hybridized carbons (Fsp3) is 0.562. The van der Waals surface area contributed by atoms with Crippen molar-refractivity contribution in [3.05, 3.63) is 35.9 Å². The number of carbonyl (C=O) groups excluding carboxylic acids is 1. The molecule has 0 spiro atoms. The molecule has 0 saturated carbocycles. The lowest BCUT2D eigenvalue weighted by atomic mass is 9.94. The second kappa shape index (κ2) is 7.29. The Kier molecular flexibility index (Phi) is 5.40. The Labute approximate surface area is 116 Å². The van der Waals surface area contributed by atoms with Crippen molar-refractivity contribution in [2.75, 3.05) is 19.6 Å². The largest absolute Gasteiger partial charge is 0.339 e. The van der Waals surface area contributed by atoms with Crippen LogP contribution in [0.1, 0.15) is 31.7 Å². The number of nitrogens with zero attached hydrogens (tertiary/aromatic N) is 1. The van der Waals surface area contributed by atoms with Gasteiger partial charge >= 0.3 is 0 Å². The molecule has 1 saturated heterocycles. The van der Waals surface area contributed by atoms with Gasteiger partial charge in [-0.3, -0.25) is 4.79 Å². The zero-order valence-electron chi connectivity index (χ0n) is 11.8. The summed E-state index contributed by atoms with van der Waals surface area (Å²) < 4.78 is 0. The van der Waals surface area contributed by atoms with Crippen molar-refractivity contribution < 1.29 is 4.79 Å². The van der Waals surface area contributed by atoms with Crippen molar-refractivity contribution in [2.45, 2.75) is 32.7 Å². The van der Waals surface area contributed by atoms with Gasteiger partial charge in [-0.25, -0.2) is 0 Å². The molecule has 0 unspecified atom stereocenters. The molecule has 19 heavy (non-hydrogen) atoms. The first-order chi connectivity index (χ1) is 9.29. The maximum absolute atomic E-state index is 12.4. The topological polar surface area (TPSA) is 32.3 Å². The molecule has 0 atom stereocenters. The summed E-state index contributed by atoms with van der Waals surface area (Å²) in [5.41, 5.74) is 1.21. The van der Waals surface area contributed by atoms with E-state index in [4.69, 9.17) is 0 Å². The standard InChI is InChI=1S/C16H24N2O/c1-2-18(13-15-6-4-3-5-7-15)16(19)12-14-8-10-17-11-9-14/h3-7,14,17H,2,8-13H2,1H3. The van der Waals surface area contributed by atoms with Gasteiger partial charge < -0.3 is 10.2 Å². The van der Waals surface area contributed by atoms with E-state index in [-0.39, 0.29) is 0 Å². The number of hydrogen-bond donors (Lipinski definition) is 1. The van der Waals surface area contributed by atoms with Gasteiger partial charge in [0.25, 0.3) is 0 Å². The summed E-state index contributed by atoms with van der Waals surface area (Å²) in [4.78, 5) is 14.3. The minimum Gasteiger partial charge on any atom is -0.339 e. The molecular formula is C16H24N2O. The maximum atomic E-state index is 12.4. The Morgan fingerprint density at radius 2 is 1.95 bits per heavy atom. The van der Waals surface area contributed by atoms with E-state index in [2.05, 4.69) is 24.4 Å². The Morgan fingerprint density at radius 3 is 2.58 bits per heavy atom. The lowest BCUT2D eigenvalue weighted by molar-refractivity contribution is -0.132. The molecule has 104 valence electrons. The second-order valence-corrected chi connectivity index (χ2v) is 5.29. The van der Waals surface area contributed by atoms with E-state index in [0.29, 0.717) is 18.2 Å². The molecule has 0 aromatic heterocycles. The number of piperidine rings is 1. The molecule has 1 N–H and O–H groups in total. The summed E-state index contributed by atoms with van der Waals surface area (Å²) in [5.74, 6) is 0.872. The van der Waals surface area contributed by atoms with Crippen LogP contribution in [0.15, 0.2) is 30.3 Å². The first kappa shape index (κ1) is 14.1. The lowest BCUT2D eigenvalue weighted by Gasteiger charge is -2.26. The molecule has 3 heteroatoms. The zero-order chi connectivity index (χ0) is 13.5. The average Bonchev–Trinajstić information content (AvgIpc) is 2.47. The van der Waals surface area contributed by atoms with Gasteiger partial charge in [0.05, 0.1) is 0 Å². The molecule has 1 heterocycles.